The van der Waals surface area contributed by atoms with Crippen molar-refractivity contribution in [2.45, 2.75) is 51.0 Å². The van der Waals surface area contributed by atoms with Gasteiger partial charge in [-0.3, -0.25) is 9.10 Å². The van der Waals surface area contributed by atoms with E-state index in [-0.39, 0.29) is 29.8 Å². The van der Waals surface area contributed by atoms with Crippen molar-refractivity contribution in [3.8, 4) is 0 Å². The van der Waals surface area contributed by atoms with Crippen molar-refractivity contribution in [2.24, 2.45) is 0 Å². The van der Waals surface area contributed by atoms with E-state index in [1.165, 1.54) is 22.7 Å². The minimum Gasteiger partial charge on any atom is -0.349 e. The van der Waals surface area contributed by atoms with Crippen LogP contribution in [0, 0.1) is 13.8 Å². The molecule has 0 radical (unpaired) electrons. The monoisotopic (exact) mass is 480 g/mol. The zero-order valence-corrected chi connectivity index (χ0v) is 20.9. The van der Waals surface area contributed by atoms with Gasteiger partial charge in [0.15, 0.2) is 9.84 Å². The highest BCUT2D eigenvalue weighted by Crippen LogP contribution is 2.25. The van der Waals surface area contributed by atoms with E-state index in [4.69, 9.17) is 0 Å². The zero-order valence-electron chi connectivity index (χ0n) is 19.3. The Kier molecular flexibility index (Phi) is 8.47. The van der Waals surface area contributed by atoms with Gasteiger partial charge in [-0.15, -0.1) is 0 Å². The van der Waals surface area contributed by atoms with E-state index in [0.29, 0.717) is 18.5 Å². The van der Waals surface area contributed by atoms with Gasteiger partial charge >= 0.3 is 0 Å². The number of amides is 1. The Morgan fingerprint density at radius 1 is 1.00 bits per heavy atom. The fourth-order valence-corrected chi connectivity index (χ4v) is 5.14. The molecule has 0 aliphatic carbocycles. The maximum absolute atomic E-state index is 12.5. The zero-order chi connectivity index (χ0) is 24.1. The van der Waals surface area contributed by atoms with Crippen LogP contribution in [-0.4, -0.2) is 41.8 Å². The number of carbonyl (C=O) groups is 1. The van der Waals surface area contributed by atoms with E-state index < -0.39 is 19.9 Å². The third kappa shape index (κ3) is 6.80. The van der Waals surface area contributed by atoms with E-state index in [9.17, 15) is 21.6 Å². The minimum atomic E-state index is -3.49. The first kappa shape index (κ1) is 25.9. The number of sulfone groups is 1. The highest BCUT2D eigenvalue weighted by molar-refractivity contribution is 7.92. The number of aryl methyl sites for hydroxylation is 1. The first-order valence-corrected chi connectivity index (χ1v) is 14.2. The predicted octanol–water partition coefficient (Wildman–Crippen LogP) is 3.52. The quantitative estimate of drug-likeness (QED) is 0.561. The molecule has 0 spiro atoms. The molecule has 9 heteroatoms. The van der Waals surface area contributed by atoms with Crippen LogP contribution < -0.4 is 9.62 Å². The smallest absolute Gasteiger partial charge is 0.232 e. The van der Waals surface area contributed by atoms with Crippen LogP contribution in [0.2, 0.25) is 0 Å². The van der Waals surface area contributed by atoms with Gasteiger partial charge in [0, 0.05) is 19.2 Å². The molecule has 0 bridgehead atoms. The molecule has 0 aliphatic heterocycles. The fraction of sp³-hybridized carbons (Fsp3) is 0.435. The third-order valence-corrected chi connectivity index (χ3v) is 7.77. The van der Waals surface area contributed by atoms with Gasteiger partial charge in [0.2, 0.25) is 15.9 Å². The molecule has 2 aromatic carbocycles. The fourth-order valence-electron chi connectivity index (χ4n) is 3.49. The van der Waals surface area contributed by atoms with Crippen LogP contribution in [0.3, 0.4) is 0 Å². The second-order valence-electron chi connectivity index (χ2n) is 8.03. The van der Waals surface area contributed by atoms with Crippen molar-refractivity contribution in [1.82, 2.24) is 5.32 Å². The van der Waals surface area contributed by atoms with Crippen LogP contribution >= 0.6 is 0 Å². The van der Waals surface area contributed by atoms with Crippen LogP contribution in [0.25, 0.3) is 0 Å². The molecule has 0 saturated carbocycles. The van der Waals surface area contributed by atoms with Crippen molar-refractivity contribution in [1.29, 1.82) is 0 Å². The molecule has 1 N–H and O–H groups in total. The lowest BCUT2D eigenvalue weighted by molar-refractivity contribution is -0.121. The van der Waals surface area contributed by atoms with E-state index in [1.54, 1.807) is 18.2 Å². The van der Waals surface area contributed by atoms with E-state index in [2.05, 4.69) is 5.32 Å². The van der Waals surface area contributed by atoms with Crippen LogP contribution in [0.4, 0.5) is 5.69 Å². The molecule has 7 nitrogen and oxygen atoms in total. The first-order valence-electron chi connectivity index (χ1n) is 10.5. The summed E-state index contributed by atoms with van der Waals surface area (Å²) in [7, 11) is -6.77. The van der Waals surface area contributed by atoms with Crippen molar-refractivity contribution < 1.29 is 21.6 Å². The molecule has 32 heavy (non-hydrogen) atoms. The minimum absolute atomic E-state index is 0.175. The second-order valence-corrected chi connectivity index (χ2v) is 11.9. The van der Waals surface area contributed by atoms with Crippen LogP contribution in [0.5, 0.6) is 0 Å². The van der Waals surface area contributed by atoms with Crippen molar-refractivity contribution >= 4 is 31.5 Å². The summed E-state index contributed by atoms with van der Waals surface area (Å²) in [5.41, 5.74) is 3.35. The summed E-state index contributed by atoms with van der Waals surface area (Å²) in [4.78, 5) is 12.8. The number of anilines is 1. The Hall–Kier alpha value is -2.39. The highest BCUT2D eigenvalue weighted by Gasteiger charge is 2.20. The number of hydrogen-bond donors (Lipinski definition) is 1. The van der Waals surface area contributed by atoms with Crippen LogP contribution in [-0.2, 0) is 24.7 Å². The number of rotatable bonds is 10. The molecule has 0 aliphatic rings. The molecular weight excluding hydrogens is 448 g/mol. The predicted molar refractivity (Wildman–Crippen MR) is 128 cm³/mol. The van der Waals surface area contributed by atoms with Gasteiger partial charge in [0.25, 0.3) is 0 Å². The summed E-state index contributed by atoms with van der Waals surface area (Å²) in [5.74, 6) is -0.182. The summed E-state index contributed by atoms with van der Waals surface area (Å²) >= 11 is 0. The van der Waals surface area contributed by atoms with Crippen molar-refractivity contribution in [2.75, 3.05) is 23.4 Å². The molecule has 0 fully saturated rings. The summed E-state index contributed by atoms with van der Waals surface area (Å²) in [5, 5.41) is 2.96. The second kappa shape index (κ2) is 10.5. The topological polar surface area (TPSA) is 101 Å². The van der Waals surface area contributed by atoms with Crippen LogP contribution in [0.1, 0.15) is 48.9 Å². The van der Waals surface area contributed by atoms with Gasteiger partial charge in [0.05, 0.1) is 22.9 Å². The molecule has 2 aromatic rings. The van der Waals surface area contributed by atoms with E-state index >= 15 is 0 Å². The van der Waals surface area contributed by atoms with Gasteiger partial charge < -0.3 is 5.32 Å². The van der Waals surface area contributed by atoms with E-state index in [0.717, 1.165) is 22.9 Å². The maximum Gasteiger partial charge on any atom is 0.232 e. The molecule has 0 unspecified atom stereocenters. The van der Waals surface area contributed by atoms with Crippen molar-refractivity contribution in [3.05, 3.63) is 59.2 Å². The molecule has 176 valence electrons. The number of hydrogen-bond acceptors (Lipinski definition) is 5. The summed E-state index contributed by atoms with van der Waals surface area (Å²) in [6, 6.07) is 11.8. The Bertz CT molecular complexity index is 1160. The molecule has 0 aromatic heterocycles. The molecular formula is C23H32N2O5S2. The van der Waals surface area contributed by atoms with Gasteiger partial charge in [-0.1, -0.05) is 31.2 Å². The number of nitrogens with zero attached hydrogens (tertiary/aromatic N) is 1. The molecule has 1 atom stereocenters. The number of nitrogens with one attached hydrogen (secondary N) is 1. The lowest BCUT2D eigenvalue weighted by Gasteiger charge is -2.25. The van der Waals surface area contributed by atoms with Crippen molar-refractivity contribution in [3.63, 3.8) is 0 Å². The number of sulfonamides is 1. The molecule has 0 saturated heterocycles. The van der Waals surface area contributed by atoms with Gasteiger partial charge in [-0.25, -0.2) is 16.8 Å². The largest absolute Gasteiger partial charge is 0.349 e. The molecule has 2 rings (SSSR count). The number of benzene rings is 2. The Morgan fingerprint density at radius 3 is 2.16 bits per heavy atom. The van der Waals surface area contributed by atoms with Crippen LogP contribution in [0.15, 0.2) is 47.4 Å². The van der Waals surface area contributed by atoms with Gasteiger partial charge in [0.1, 0.15) is 0 Å². The average Bonchev–Trinajstić information content (AvgIpc) is 2.70. The first-order chi connectivity index (χ1) is 14.8. The standard InChI is InChI=1S/C23H32N2O5S2/c1-6-21(19-12-14-20(15-13-19)31(4,27)28)24-23(26)11-8-16-25(32(5,29)30)22-10-7-9-17(2)18(22)3/h7,9-10,12-15,21H,6,8,11,16H2,1-5H3,(H,24,26)/t21-/m0/s1. The van der Waals surface area contributed by atoms with E-state index in [1.807, 2.05) is 32.9 Å². The Morgan fingerprint density at radius 2 is 1.62 bits per heavy atom. The summed E-state index contributed by atoms with van der Waals surface area (Å²) in [6.45, 7) is 5.95. The molecule has 0 heterocycles. The average molecular weight is 481 g/mol. The maximum atomic E-state index is 12.5. The van der Waals surface area contributed by atoms with Gasteiger partial charge in [-0.05, 0) is 61.6 Å². The Balaban J connectivity index is 2.03. The van der Waals surface area contributed by atoms with Gasteiger partial charge in [-0.2, -0.15) is 0 Å². The lowest BCUT2D eigenvalue weighted by Crippen LogP contribution is -2.33. The normalized spacial score (nSPS) is 12.9. The SMILES string of the molecule is CC[C@H](NC(=O)CCCN(c1cccc(C)c1C)S(C)(=O)=O)c1ccc(S(C)(=O)=O)cc1. The highest BCUT2D eigenvalue weighted by atomic mass is 32.2. The summed E-state index contributed by atoms with van der Waals surface area (Å²) in [6.07, 6.45) is 3.51. The lowest BCUT2D eigenvalue weighted by atomic mass is 10.0. The Labute approximate surface area is 191 Å². The molecule has 1 amide bonds. The number of carbonyl (C=O) groups excluding carboxylic acids is 1. The summed E-state index contributed by atoms with van der Waals surface area (Å²) < 4.78 is 49.3. The third-order valence-electron chi connectivity index (χ3n) is 5.46.